The van der Waals surface area contributed by atoms with Crippen LogP contribution in [0.3, 0.4) is 0 Å². The van der Waals surface area contributed by atoms with E-state index >= 15 is 0 Å². The van der Waals surface area contributed by atoms with Gasteiger partial charge in [-0.2, -0.15) is 4.80 Å². The predicted octanol–water partition coefficient (Wildman–Crippen LogP) is 2.26. The van der Waals surface area contributed by atoms with Gasteiger partial charge in [0.2, 0.25) is 11.7 Å². The van der Waals surface area contributed by atoms with Crippen molar-refractivity contribution in [1.82, 2.24) is 25.1 Å². The normalized spacial score (nSPS) is 14.1. The number of ether oxygens (including phenoxy) is 1. The Bertz CT molecular complexity index is 993. The average molecular weight is 406 g/mol. The van der Waals surface area contributed by atoms with Gasteiger partial charge in [0.25, 0.3) is 0 Å². The minimum Gasteiger partial charge on any atom is -0.495 e. The highest BCUT2D eigenvalue weighted by molar-refractivity contribution is 5.76. The Morgan fingerprint density at radius 3 is 2.47 bits per heavy atom. The third kappa shape index (κ3) is 4.27. The van der Waals surface area contributed by atoms with Crippen LogP contribution in [0.4, 0.5) is 5.69 Å². The summed E-state index contributed by atoms with van der Waals surface area (Å²) in [5, 5.41) is 12.5. The van der Waals surface area contributed by atoms with Gasteiger partial charge >= 0.3 is 0 Å². The van der Waals surface area contributed by atoms with Crippen LogP contribution in [-0.4, -0.2) is 64.3 Å². The highest BCUT2D eigenvalue weighted by Gasteiger charge is 2.23. The Balaban J connectivity index is 1.34. The maximum Gasteiger partial charge on any atom is 0.246 e. The molecule has 1 aliphatic rings. The smallest absolute Gasteiger partial charge is 0.246 e. The summed E-state index contributed by atoms with van der Waals surface area (Å²) in [5.41, 5.74) is 3.22. The van der Waals surface area contributed by atoms with Crippen LogP contribution in [-0.2, 0) is 17.8 Å². The SMILES string of the molecule is CCc1ccc(-c2nnn(CC(=O)N3CCN(c4ccccc4OC)CC3)n2)cc1. The third-order valence-corrected chi connectivity index (χ3v) is 5.41. The molecule has 0 N–H and O–H groups in total. The van der Waals surface area contributed by atoms with Crippen molar-refractivity contribution in [2.75, 3.05) is 38.2 Å². The number of aryl methyl sites for hydroxylation is 1. The Hall–Kier alpha value is -3.42. The van der Waals surface area contributed by atoms with Gasteiger partial charge in [-0.05, 0) is 29.3 Å². The topological polar surface area (TPSA) is 76.4 Å². The molecule has 0 radical (unpaired) electrons. The third-order valence-electron chi connectivity index (χ3n) is 5.41. The quantitative estimate of drug-likeness (QED) is 0.625. The van der Waals surface area contributed by atoms with E-state index in [0.717, 1.165) is 36.5 Å². The monoisotopic (exact) mass is 406 g/mol. The zero-order valence-corrected chi connectivity index (χ0v) is 17.4. The molecule has 1 aromatic heterocycles. The van der Waals surface area contributed by atoms with Crippen molar-refractivity contribution in [2.24, 2.45) is 0 Å². The second-order valence-corrected chi connectivity index (χ2v) is 7.23. The van der Waals surface area contributed by atoms with Crippen LogP contribution >= 0.6 is 0 Å². The first-order chi connectivity index (χ1) is 14.7. The molecule has 1 amide bonds. The van der Waals surface area contributed by atoms with Crippen molar-refractivity contribution in [1.29, 1.82) is 0 Å². The number of methoxy groups -OCH3 is 1. The number of para-hydroxylation sites is 2. The molecule has 0 unspecified atom stereocenters. The van der Waals surface area contributed by atoms with Crippen LogP contribution in [0.1, 0.15) is 12.5 Å². The number of carbonyl (C=O) groups is 1. The minimum absolute atomic E-state index is 0.0000393. The summed E-state index contributed by atoms with van der Waals surface area (Å²) >= 11 is 0. The maximum absolute atomic E-state index is 12.7. The van der Waals surface area contributed by atoms with Gasteiger partial charge in [-0.3, -0.25) is 4.79 Å². The maximum atomic E-state index is 12.7. The lowest BCUT2D eigenvalue weighted by atomic mass is 10.1. The fraction of sp³-hybridized carbons (Fsp3) is 0.364. The van der Waals surface area contributed by atoms with E-state index in [9.17, 15) is 4.79 Å². The molecule has 1 saturated heterocycles. The molecule has 2 aromatic carbocycles. The fourth-order valence-electron chi connectivity index (χ4n) is 3.62. The molecule has 0 spiro atoms. The molecule has 1 fully saturated rings. The minimum atomic E-state index is -0.0000393. The number of nitrogens with zero attached hydrogens (tertiary/aromatic N) is 6. The highest BCUT2D eigenvalue weighted by Crippen LogP contribution is 2.28. The number of hydrogen-bond donors (Lipinski definition) is 0. The van der Waals surface area contributed by atoms with E-state index in [2.05, 4.69) is 39.4 Å². The Morgan fingerprint density at radius 2 is 1.77 bits per heavy atom. The summed E-state index contributed by atoms with van der Waals surface area (Å²) in [5.74, 6) is 1.38. The predicted molar refractivity (Wildman–Crippen MR) is 114 cm³/mol. The number of rotatable bonds is 6. The molecule has 8 nitrogen and oxygen atoms in total. The summed E-state index contributed by atoms with van der Waals surface area (Å²) in [6.45, 7) is 5.02. The standard InChI is InChI=1S/C22H26N6O2/c1-3-17-8-10-18(11-9-17)22-23-25-28(24-22)16-21(29)27-14-12-26(13-15-27)19-6-4-5-7-20(19)30-2/h4-11H,3,12-16H2,1-2H3. The summed E-state index contributed by atoms with van der Waals surface area (Å²) in [6.07, 6.45) is 0.985. The number of aromatic nitrogens is 4. The van der Waals surface area contributed by atoms with E-state index in [0.29, 0.717) is 18.9 Å². The van der Waals surface area contributed by atoms with Gasteiger partial charge in [0.1, 0.15) is 12.3 Å². The molecular weight excluding hydrogens is 380 g/mol. The van der Waals surface area contributed by atoms with E-state index in [1.807, 2.05) is 41.3 Å². The summed E-state index contributed by atoms with van der Waals surface area (Å²) in [4.78, 5) is 18.2. The number of benzene rings is 2. The first kappa shape index (κ1) is 19.9. The van der Waals surface area contributed by atoms with Crippen LogP contribution in [0.5, 0.6) is 5.75 Å². The molecule has 30 heavy (non-hydrogen) atoms. The lowest BCUT2D eigenvalue weighted by Crippen LogP contribution is -2.49. The molecule has 0 atom stereocenters. The van der Waals surface area contributed by atoms with Crippen molar-refractivity contribution in [3.05, 3.63) is 54.1 Å². The fourth-order valence-corrected chi connectivity index (χ4v) is 3.62. The van der Waals surface area contributed by atoms with Crippen molar-refractivity contribution >= 4 is 11.6 Å². The second-order valence-electron chi connectivity index (χ2n) is 7.23. The number of amides is 1. The summed E-state index contributed by atoms with van der Waals surface area (Å²) < 4.78 is 5.45. The van der Waals surface area contributed by atoms with Gasteiger partial charge in [-0.15, -0.1) is 10.2 Å². The van der Waals surface area contributed by atoms with Crippen LogP contribution in [0.15, 0.2) is 48.5 Å². The second kappa shape index (κ2) is 8.94. The van der Waals surface area contributed by atoms with Crippen molar-refractivity contribution < 1.29 is 9.53 Å². The lowest BCUT2D eigenvalue weighted by Gasteiger charge is -2.36. The molecular formula is C22H26N6O2. The number of carbonyl (C=O) groups excluding carboxylic acids is 1. The Labute approximate surface area is 176 Å². The highest BCUT2D eigenvalue weighted by atomic mass is 16.5. The summed E-state index contributed by atoms with van der Waals surface area (Å²) in [6, 6.07) is 16.0. The van der Waals surface area contributed by atoms with Crippen LogP contribution in [0.25, 0.3) is 11.4 Å². The number of piperazine rings is 1. The molecule has 156 valence electrons. The molecule has 2 heterocycles. The first-order valence-corrected chi connectivity index (χ1v) is 10.2. The van der Waals surface area contributed by atoms with E-state index in [4.69, 9.17) is 4.74 Å². The van der Waals surface area contributed by atoms with Crippen molar-refractivity contribution in [2.45, 2.75) is 19.9 Å². The number of anilines is 1. The lowest BCUT2D eigenvalue weighted by molar-refractivity contribution is -0.132. The van der Waals surface area contributed by atoms with E-state index < -0.39 is 0 Å². The molecule has 8 heteroatoms. The van der Waals surface area contributed by atoms with Gasteiger partial charge in [0.05, 0.1) is 12.8 Å². The van der Waals surface area contributed by atoms with Gasteiger partial charge in [-0.25, -0.2) is 0 Å². The number of tetrazole rings is 1. The van der Waals surface area contributed by atoms with Gasteiger partial charge in [0.15, 0.2) is 0 Å². The van der Waals surface area contributed by atoms with Crippen LogP contribution in [0.2, 0.25) is 0 Å². The van der Waals surface area contributed by atoms with E-state index in [-0.39, 0.29) is 12.5 Å². The number of hydrogen-bond acceptors (Lipinski definition) is 6. The summed E-state index contributed by atoms with van der Waals surface area (Å²) in [7, 11) is 1.68. The van der Waals surface area contributed by atoms with Gasteiger partial charge in [-0.1, -0.05) is 43.3 Å². The van der Waals surface area contributed by atoms with E-state index in [1.165, 1.54) is 10.4 Å². The largest absolute Gasteiger partial charge is 0.495 e. The average Bonchev–Trinajstić information content (AvgIpc) is 3.27. The molecule has 1 aliphatic heterocycles. The molecule has 0 aliphatic carbocycles. The zero-order valence-electron chi connectivity index (χ0n) is 17.4. The molecule has 4 rings (SSSR count). The van der Waals surface area contributed by atoms with Crippen molar-refractivity contribution in [3.63, 3.8) is 0 Å². The Kier molecular flexibility index (Phi) is 5.92. The molecule has 3 aromatic rings. The van der Waals surface area contributed by atoms with Gasteiger partial charge in [0, 0.05) is 31.7 Å². The van der Waals surface area contributed by atoms with Crippen LogP contribution in [0, 0.1) is 0 Å². The first-order valence-electron chi connectivity index (χ1n) is 10.2. The van der Waals surface area contributed by atoms with Crippen molar-refractivity contribution in [3.8, 4) is 17.1 Å². The van der Waals surface area contributed by atoms with E-state index in [1.54, 1.807) is 7.11 Å². The molecule has 0 saturated carbocycles. The molecule has 0 bridgehead atoms. The Morgan fingerprint density at radius 1 is 1.03 bits per heavy atom. The van der Waals surface area contributed by atoms with Gasteiger partial charge < -0.3 is 14.5 Å². The zero-order chi connectivity index (χ0) is 20.9. The van der Waals surface area contributed by atoms with Crippen LogP contribution < -0.4 is 9.64 Å².